The molecule has 1 amide bonds. The van der Waals surface area contributed by atoms with Crippen LogP contribution in [0.2, 0.25) is 0 Å². The van der Waals surface area contributed by atoms with Crippen molar-refractivity contribution in [3.63, 3.8) is 0 Å². The van der Waals surface area contributed by atoms with Crippen molar-refractivity contribution in [2.75, 3.05) is 25.9 Å². The van der Waals surface area contributed by atoms with Crippen LogP contribution < -0.4 is 5.73 Å². The first-order valence-electron chi connectivity index (χ1n) is 4.28. The van der Waals surface area contributed by atoms with Crippen molar-refractivity contribution in [3.8, 4) is 0 Å². The Bertz CT molecular complexity index is 314. The summed E-state index contributed by atoms with van der Waals surface area (Å²) in [4.78, 5) is 12.6. The molecule has 1 rings (SSSR count). The van der Waals surface area contributed by atoms with Crippen molar-refractivity contribution < 1.29 is 17.4 Å². The van der Waals surface area contributed by atoms with Crippen molar-refractivity contribution in [2.45, 2.75) is 12.5 Å². The van der Waals surface area contributed by atoms with E-state index < -0.39 is 16.2 Å². The second-order valence-electron chi connectivity index (χ2n) is 3.25. The van der Waals surface area contributed by atoms with Crippen LogP contribution in [0.3, 0.4) is 0 Å². The van der Waals surface area contributed by atoms with Crippen LogP contribution >= 0.6 is 0 Å². The largest absolute Gasteiger partial charge is 0.339 e. The summed E-state index contributed by atoms with van der Waals surface area (Å²) >= 11 is 0. The van der Waals surface area contributed by atoms with Crippen LogP contribution in [0.1, 0.15) is 6.42 Å². The number of hydrogen-bond donors (Lipinski definition) is 1. The maximum Gasteiger partial charge on any atom is 0.264 e. The molecule has 0 radical (unpaired) electrons. The predicted octanol–water partition coefficient (Wildman–Crippen LogP) is -1.48. The summed E-state index contributed by atoms with van der Waals surface area (Å²) in [6.07, 6.45) is 1.12. The lowest BCUT2D eigenvalue weighted by molar-refractivity contribution is -0.128. The highest BCUT2D eigenvalue weighted by atomic mass is 32.2. The normalized spacial score (nSPS) is 22.7. The Hall–Kier alpha value is -0.660. The van der Waals surface area contributed by atoms with E-state index in [1.165, 1.54) is 4.90 Å². The molecule has 0 aromatic carbocycles. The summed E-state index contributed by atoms with van der Waals surface area (Å²) in [6, 6.07) is 0. The second kappa shape index (κ2) is 4.24. The van der Waals surface area contributed by atoms with Crippen molar-refractivity contribution >= 4 is 16.0 Å². The van der Waals surface area contributed by atoms with E-state index in [1.807, 2.05) is 0 Å². The SMILES string of the molecule is CS(=O)(=O)OC1CCN(C(=O)CN)C1. The fraction of sp³-hybridized carbons (Fsp3) is 0.857. The zero-order valence-corrected chi connectivity index (χ0v) is 8.79. The zero-order valence-electron chi connectivity index (χ0n) is 7.97. The number of carbonyl (C=O) groups excluding carboxylic acids is 1. The molecule has 0 aromatic heterocycles. The molecular weight excluding hydrogens is 208 g/mol. The molecule has 1 saturated heterocycles. The maximum atomic E-state index is 11.1. The van der Waals surface area contributed by atoms with E-state index in [2.05, 4.69) is 0 Å². The van der Waals surface area contributed by atoms with E-state index in [4.69, 9.17) is 9.92 Å². The molecule has 0 spiro atoms. The molecule has 0 aromatic rings. The van der Waals surface area contributed by atoms with Gasteiger partial charge in [-0.25, -0.2) is 0 Å². The molecular formula is C7H14N2O4S. The van der Waals surface area contributed by atoms with Crippen molar-refractivity contribution in [1.29, 1.82) is 0 Å². The summed E-state index contributed by atoms with van der Waals surface area (Å²) in [6.45, 7) is 0.769. The molecule has 1 aliphatic rings. The quantitative estimate of drug-likeness (QED) is 0.588. The number of nitrogens with two attached hydrogens (primary N) is 1. The van der Waals surface area contributed by atoms with Gasteiger partial charge in [0, 0.05) is 13.1 Å². The zero-order chi connectivity index (χ0) is 10.8. The minimum absolute atomic E-state index is 0.0500. The van der Waals surface area contributed by atoms with E-state index in [1.54, 1.807) is 0 Å². The van der Waals surface area contributed by atoms with E-state index in [-0.39, 0.29) is 12.5 Å². The third-order valence-electron chi connectivity index (χ3n) is 1.98. The van der Waals surface area contributed by atoms with Gasteiger partial charge >= 0.3 is 0 Å². The van der Waals surface area contributed by atoms with Gasteiger partial charge in [-0.3, -0.25) is 8.98 Å². The average molecular weight is 222 g/mol. The summed E-state index contributed by atoms with van der Waals surface area (Å²) < 4.78 is 26.3. The van der Waals surface area contributed by atoms with Gasteiger partial charge in [-0.1, -0.05) is 0 Å². The standard InChI is InChI=1S/C7H14N2O4S/c1-14(11,12)13-6-2-3-9(5-6)7(10)4-8/h6H,2-5,8H2,1H3. The highest BCUT2D eigenvalue weighted by Crippen LogP contribution is 2.14. The van der Waals surface area contributed by atoms with Crippen molar-refractivity contribution in [2.24, 2.45) is 5.73 Å². The van der Waals surface area contributed by atoms with Gasteiger partial charge in [0.05, 0.1) is 18.9 Å². The Morgan fingerprint density at radius 1 is 1.64 bits per heavy atom. The van der Waals surface area contributed by atoms with Gasteiger partial charge in [0.1, 0.15) is 0 Å². The number of amides is 1. The van der Waals surface area contributed by atoms with Gasteiger partial charge < -0.3 is 10.6 Å². The number of carbonyl (C=O) groups is 1. The molecule has 6 nitrogen and oxygen atoms in total. The monoisotopic (exact) mass is 222 g/mol. The lowest BCUT2D eigenvalue weighted by atomic mass is 10.3. The second-order valence-corrected chi connectivity index (χ2v) is 4.86. The molecule has 1 heterocycles. The Labute approximate surface area is 83.1 Å². The fourth-order valence-electron chi connectivity index (χ4n) is 1.41. The van der Waals surface area contributed by atoms with E-state index in [9.17, 15) is 13.2 Å². The van der Waals surface area contributed by atoms with Gasteiger partial charge in [0.15, 0.2) is 0 Å². The summed E-state index contributed by atoms with van der Waals surface area (Å²) in [5.41, 5.74) is 5.17. The topological polar surface area (TPSA) is 89.7 Å². The highest BCUT2D eigenvalue weighted by Gasteiger charge is 2.28. The predicted molar refractivity (Wildman–Crippen MR) is 50.0 cm³/mol. The van der Waals surface area contributed by atoms with E-state index >= 15 is 0 Å². The number of rotatable bonds is 3. The van der Waals surface area contributed by atoms with Gasteiger partial charge in [-0.15, -0.1) is 0 Å². The van der Waals surface area contributed by atoms with Crippen LogP contribution in [0.25, 0.3) is 0 Å². The third-order valence-corrected chi connectivity index (χ3v) is 2.60. The summed E-state index contributed by atoms with van der Waals surface area (Å²) in [5, 5.41) is 0. The first kappa shape index (κ1) is 11.4. The molecule has 2 N–H and O–H groups in total. The van der Waals surface area contributed by atoms with Crippen LogP contribution in [0.4, 0.5) is 0 Å². The van der Waals surface area contributed by atoms with Crippen LogP contribution in [-0.4, -0.2) is 51.2 Å². The summed E-state index contributed by atoms with van der Waals surface area (Å²) in [7, 11) is -3.43. The van der Waals surface area contributed by atoms with Crippen LogP contribution in [0.5, 0.6) is 0 Å². The molecule has 0 aliphatic carbocycles. The Morgan fingerprint density at radius 2 is 2.29 bits per heavy atom. The third kappa shape index (κ3) is 3.24. The minimum Gasteiger partial charge on any atom is -0.339 e. The molecule has 1 fully saturated rings. The van der Waals surface area contributed by atoms with Gasteiger partial charge in [-0.05, 0) is 6.42 Å². The van der Waals surface area contributed by atoms with Gasteiger partial charge in [0.2, 0.25) is 5.91 Å². The van der Waals surface area contributed by atoms with Crippen LogP contribution in [-0.2, 0) is 19.1 Å². The molecule has 1 aliphatic heterocycles. The maximum absolute atomic E-state index is 11.1. The summed E-state index contributed by atoms with van der Waals surface area (Å²) in [5.74, 6) is -0.176. The molecule has 82 valence electrons. The van der Waals surface area contributed by atoms with Crippen LogP contribution in [0, 0.1) is 0 Å². The fourth-order valence-corrected chi connectivity index (χ4v) is 2.06. The molecule has 7 heteroatoms. The lowest BCUT2D eigenvalue weighted by Crippen LogP contribution is -2.35. The lowest BCUT2D eigenvalue weighted by Gasteiger charge is -2.14. The Kier molecular flexibility index (Phi) is 3.46. The van der Waals surface area contributed by atoms with E-state index in [0.717, 1.165) is 6.26 Å². The molecule has 0 bridgehead atoms. The highest BCUT2D eigenvalue weighted by molar-refractivity contribution is 7.86. The minimum atomic E-state index is -3.43. The number of likely N-dealkylation sites (tertiary alicyclic amines) is 1. The Balaban J connectivity index is 2.46. The molecule has 1 atom stereocenters. The molecule has 14 heavy (non-hydrogen) atoms. The number of nitrogens with zero attached hydrogens (tertiary/aromatic N) is 1. The molecule has 0 saturated carbocycles. The first-order chi connectivity index (χ1) is 6.42. The average Bonchev–Trinajstić information content (AvgIpc) is 2.48. The van der Waals surface area contributed by atoms with Crippen LogP contribution in [0.15, 0.2) is 0 Å². The number of hydrogen-bond acceptors (Lipinski definition) is 5. The van der Waals surface area contributed by atoms with Gasteiger partial charge in [0.25, 0.3) is 10.1 Å². The first-order valence-corrected chi connectivity index (χ1v) is 6.10. The van der Waals surface area contributed by atoms with Crippen molar-refractivity contribution in [1.82, 2.24) is 4.90 Å². The Morgan fingerprint density at radius 3 is 2.79 bits per heavy atom. The van der Waals surface area contributed by atoms with E-state index in [0.29, 0.717) is 19.5 Å². The van der Waals surface area contributed by atoms with Gasteiger partial charge in [-0.2, -0.15) is 8.42 Å². The van der Waals surface area contributed by atoms with Crippen molar-refractivity contribution in [3.05, 3.63) is 0 Å². The molecule has 1 unspecified atom stereocenters. The smallest absolute Gasteiger partial charge is 0.264 e.